The fourth-order valence-electron chi connectivity index (χ4n) is 3.34. The molecule has 0 bridgehead atoms. The van der Waals surface area contributed by atoms with E-state index in [9.17, 15) is 9.59 Å². The van der Waals surface area contributed by atoms with Crippen molar-refractivity contribution in [1.29, 1.82) is 0 Å². The van der Waals surface area contributed by atoms with Crippen LogP contribution in [-0.4, -0.2) is 53.5 Å². The summed E-state index contributed by atoms with van der Waals surface area (Å²) in [6.07, 6.45) is 0.922. The third-order valence-corrected chi connectivity index (χ3v) is 4.72. The van der Waals surface area contributed by atoms with Gasteiger partial charge in [-0.1, -0.05) is 35.5 Å². The summed E-state index contributed by atoms with van der Waals surface area (Å²) in [6.45, 7) is 5.46. The maximum Gasteiger partial charge on any atom is 0.259 e. The summed E-state index contributed by atoms with van der Waals surface area (Å²) in [5.74, 6) is 0.807. The first-order valence-electron chi connectivity index (χ1n) is 8.50. The summed E-state index contributed by atoms with van der Waals surface area (Å²) in [4.78, 5) is 28.0. The number of hydrogen-bond donors (Lipinski definition) is 0. The number of hydrogen-bond acceptors (Lipinski definition) is 4. The van der Waals surface area contributed by atoms with E-state index in [1.165, 1.54) is 0 Å². The van der Waals surface area contributed by atoms with Crippen LogP contribution in [0.1, 0.15) is 29.4 Å². The van der Waals surface area contributed by atoms with Crippen molar-refractivity contribution in [3.05, 3.63) is 41.6 Å². The molecule has 0 aliphatic carbocycles. The third kappa shape index (κ3) is 3.57. The molecule has 1 saturated heterocycles. The first-order valence-corrected chi connectivity index (χ1v) is 8.50. The Hall–Kier alpha value is -2.63. The highest BCUT2D eigenvalue weighted by Gasteiger charge is 2.29. The van der Waals surface area contributed by atoms with E-state index in [1.807, 2.05) is 35.2 Å². The van der Waals surface area contributed by atoms with E-state index < -0.39 is 0 Å². The van der Waals surface area contributed by atoms with Gasteiger partial charge in [-0.15, -0.1) is 0 Å². The summed E-state index contributed by atoms with van der Waals surface area (Å²) in [5.41, 5.74) is 1.94. The van der Waals surface area contributed by atoms with Gasteiger partial charge in [0, 0.05) is 39.2 Å². The lowest BCUT2D eigenvalue weighted by Gasteiger charge is -2.21. The van der Waals surface area contributed by atoms with Crippen molar-refractivity contribution in [2.24, 2.45) is 5.92 Å². The minimum Gasteiger partial charge on any atom is -0.355 e. The number of carbonyl (C=O) groups excluding carboxylic acids is 2. The largest absolute Gasteiger partial charge is 0.355 e. The minimum atomic E-state index is -0.0983. The molecule has 3 rings (SSSR count). The van der Waals surface area contributed by atoms with Gasteiger partial charge in [0.25, 0.3) is 5.91 Å². The number of rotatable bonds is 4. The van der Waals surface area contributed by atoms with Crippen LogP contribution in [0.2, 0.25) is 0 Å². The second-order valence-electron chi connectivity index (χ2n) is 6.64. The molecule has 0 spiro atoms. The molecule has 1 fully saturated rings. The normalized spacial score (nSPS) is 16.9. The summed E-state index contributed by atoms with van der Waals surface area (Å²) in [7, 11) is 1.79. The van der Waals surface area contributed by atoms with Crippen molar-refractivity contribution in [2.45, 2.75) is 20.3 Å². The monoisotopic (exact) mass is 341 g/mol. The molecule has 2 heterocycles. The van der Waals surface area contributed by atoms with E-state index >= 15 is 0 Å². The molecule has 1 unspecified atom stereocenters. The number of likely N-dealkylation sites (tertiary alicyclic amines) is 1. The second-order valence-corrected chi connectivity index (χ2v) is 6.64. The summed E-state index contributed by atoms with van der Waals surface area (Å²) in [6, 6.07) is 9.53. The lowest BCUT2D eigenvalue weighted by atomic mass is 10.0. The fraction of sp³-hybridized carbons (Fsp3) is 0.421. The van der Waals surface area contributed by atoms with Crippen LogP contribution in [0.3, 0.4) is 0 Å². The molecule has 0 N–H and O–H groups in total. The lowest BCUT2D eigenvalue weighted by molar-refractivity contribution is -0.127. The molecule has 0 radical (unpaired) electrons. The molecule has 25 heavy (non-hydrogen) atoms. The van der Waals surface area contributed by atoms with Gasteiger partial charge in [0.15, 0.2) is 5.76 Å². The second kappa shape index (κ2) is 7.09. The molecule has 1 aliphatic heterocycles. The first kappa shape index (κ1) is 17.2. The zero-order valence-corrected chi connectivity index (χ0v) is 14.9. The molecule has 1 aromatic carbocycles. The van der Waals surface area contributed by atoms with Crippen molar-refractivity contribution in [3.8, 4) is 11.3 Å². The van der Waals surface area contributed by atoms with Gasteiger partial charge < -0.3 is 14.3 Å². The molecule has 1 aliphatic rings. The molecular weight excluding hydrogens is 318 g/mol. The Morgan fingerprint density at radius 2 is 2.04 bits per heavy atom. The maximum atomic E-state index is 13.0. The topological polar surface area (TPSA) is 66.7 Å². The van der Waals surface area contributed by atoms with Crippen LogP contribution in [-0.2, 0) is 4.79 Å². The van der Waals surface area contributed by atoms with E-state index in [0.717, 1.165) is 18.5 Å². The number of amides is 2. The van der Waals surface area contributed by atoms with Crippen LogP contribution in [0.25, 0.3) is 11.3 Å². The van der Waals surface area contributed by atoms with Gasteiger partial charge in [-0.3, -0.25) is 9.59 Å². The van der Waals surface area contributed by atoms with Crippen molar-refractivity contribution in [1.82, 2.24) is 15.0 Å². The van der Waals surface area contributed by atoms with Gasteiger partial charge in [-0.25, -0.2) is 0 Å². The molecule has 1 aromatic heterocycles. The van der Waals surface area contributed by atoms with Gasteiger partial charge in [-0.05, 0) is 19.3 Å². The number of benzene rings is 1. The highest BCUT2D eigenvalue weighted by molar-refractivity contribution is 6.00. The molecule has 132 valence electrons. The Bertz CT molecular complexity index is 769. The molecule has 1 atom stereocenters. The van der Waals surface area contributed by atoms with E-state index in [0.29, 0.717) is 36.0 Å². The predicted octanol–water partition coefficient (Wildman–Crippen LogP) is 2.59. The Kier molecular flexibility index (Phi) is 4.88. The number of aryl methyl sites for hydroxylation is 1. The summed E-state index contributed by atoms with van der Waals surface area (Å²) in [5, 5.41) is 3.99. The van der Waals surface area contributed by atoms with Crippen LogP contribution < -0.4 is 0 Å². The van der Waals surface area contributed by atoms with Crippen LogP contribution in [0.5, 0.6) is 0 Å². The van der Waals surface area contributed by atoms with Gasteiger partial charge in [0.1, 0.15) is 5.56 Å². The highest BCUT2D eigenvalue weighted by Crippen LogP contribution is 2.27. The van der Waals surface area contributed by atoms with Crippen molar-refractivity contribution < 1.29 is 14.1 Å². The average Bonchev–Trinajstić information content (AvgIpc) is 3.22. The Morgan fingerprint density at radius 1 is 1.32 bits per heavy atom. The molecule has 6 heteroatoms. The Morgan fingerprint density at radius 3 is 2.68 bits per heavy atom. The van der Waals surface area contributed by atoms with Gasteiger partial charge in [0.2, 0.25) is 5.91 Å². The van der Waals surface area contributed by atoms with Crippen LogP contribution in [0, 0.1) is 12.8 Å². The molecule has 6 nitrogen and oxygen atoms in total. The van der Waals surface area contributed by atoms with Gasteiger partial charge in [-0.2, -0.15) is 0 Å². The van der Waals surface area contributed by atoms with Crippen LogP contribution >= 0.6 is 0 Å². The Balaban J connectivity index is 1.75. The van der Waals surface area contributed by atoms with Gasteiger partial charge >= 0.3 is 0 Å². The predicted molar refractivity (Wildman–Crippen MR) is 94.0 cm³/mol. The van der Waals surface area contributed by atoms with Crippen molar-refractivity contribution >= 4 is 11.8 Å². The van der Waals surface area contributed by atoms with E-state index in [1.54, 1.807) is 25.8 Å². The number of nitrogens with zero attached hydrogens (tertiary/aromatic N) is 3. The van der Waals surface area contributed by atoms with Crippen molar-refractivity contribution in [2.75, 3.05) is 26.7 Å². The third-order valence-electron chi connectivity index (χ3n) is 4.72. The smallest absolute Gasteiger partial charge is 0.259 e. The molecule has 2 aromatic rings. The maximum absolute atomic E-state index is 13.0. The fourth-order valence-corrected chi connectivity index (χ4v) is 3.34. The Labute approximate surface area is 147 Å². The molecular formula is C19H23N3O3. The van der Waals surface area contributed by atoms with E-state index in [2.05, 4.69) is 5.16 Å². The lowest BCUT2D eigenvalue weighted by Crippen LogP contribution is -2.34. The average molecular weight is 341 g/mol. The zero-order chi connectivity index (χ0) is 18.0. The molecule has 0 saturated carbocycles. The summed E-state index contributed by atoms with van der Waals surface area (Å²) >= 11 is 0. The van der Waals surface area contributed by atoms with Gasteiger partial charge in [0.05, 0.1) is 5.69 Å². The highest BCUT2D eigenvalue weighted by atomic mass is 16.5. The van der Waals surface area contributed by atoms with E-state index in [-0.39, 0.29) is 11.8 Å². The number of aromatic nitrogens is 1. The van der Waals surface area contributed by atoms with Crippen molar-refractivity contribution in [3.63, 3.8) is 0 Å². The minimum absolute atomic E-state index is 0.0951. The molecule has 2 amide bonds. The summed E-state index contributed by atoms with van der Waals surface area (Å²) < 4.78 is 5.42. The zero-order valence-electron chi connectivity index (χ0n) is 14.9. The standard InChI is InChI=1S/C19H23N3O3/c1-13-17(18(25-20-13)16-7-5-4-6-8-16)19(24)21(3)11-15-9-10-22(12-15)14(2)23/h4-8,15H,9-12H2,1-3H3. The SMILES string of the molecule is CC(=O)N1CCC(CN(C)C(=O)c2c(C)noc2-c2ccccc2)C1. The van der Waals surface area contributed by atoms with Crippen LogP contribution in [0.4, 0.5) is 0 Å². The quantitative estimate of drug-likeness (QED) is 0.857. The number of carbonyl (C=O) groups is 2. The first-order chi connectivity index (χ1) is 12.0. The van der Waals surface area contributed by atoms with Crippen LogP contribution in [0.15, 0.2) is 34.9 Å². The van der Waals surface area contributed by atoms with E-state index in [4.69, 9.17) is 4.52 Å².